The molecule has 0 atom stereocenters. The number of anilines is 1. The van der Waals surface area contributed by atoms with E-state index in [1.54, 1.807) is 24.3 Å². The van der Waals surface area contributed by atoms with Gasteiger partial charge in [-0.3, -0.25) is 0 Å². The lowest BCUT2D eigenvalue weighted by Crippen LogP contribution is -2.31. The van der Waals surface area contributed by atoms with Crippen molar-refractivity contribution in [1.29, 1.82) is 0 Å². The van der Waals surface area contributed by atoms with Crippen LogP contribution in [0.15, 0.2) is 36.9 Å². The van der Waals surface area contributed by atoms with E-state index in [0.29, 0.717) is 6.54 Å². The van der Waals surface area contributed by atoms with Crippen LogP contribution in [0.5, 0.6) is 0 Å². The Balaban J connectivity index is 1.69. The minimum Gasteiger partial charge on any atom is -0.347 e. The molecule has 0 aliphatic heterocycles. The molecule has 0 aliphatic carbocycles. The summed E-state index contributed by atoms with van der Waals surface area (Å²) < 4.78 is 2.12. The molecule has 2 heterocycles. The van der Waals surface area contributed by atoms with Gasteiger partial charge in [-0.25, -0.2) is 14.8 Å². The lowest BCUT2D eigenvalue weighted by Gasteiger charge is -2.16. The second-order valence-electron chi connectivity index (χ2n) is 5.46. The number of aromatic nitrogens is 4. The zero-order valence-corrected chi connectivity index (χ0v) is 13.3. The van der Waals surface area contributed by atoms with Gasteiger partial charge in [-0.15, -0.1) is 0 Å². The Labute approximate surface area is 134 Å². The average Bonchev–Trinajstić information content (AvgIpc) is 3.17. The van der Waals surface area contributed by atoms with Crippen LogP contribution in [0.4, 0.5) is 10.5 Å². The Bertz CT molecular complexity index is 792. The number of hydrogen-bond acceptors (Lipinski definition) is 3. The molecule has 3 aromatic rings. The van der Waals surface area contributed by atoms with Crippen LogP contribution in [0, 0.1) is 0 Å². The van der Waals surface area contributed by atoms with Gasteiger partial charge in [-0.05, 0) is 24.6 Å². The van der Waals surface area contributed by atoms with Crippen molar-refractivity contribution in [2.75, 3.05) is 12.4 Å². The maximum atomic E-state index is 12.2. The highest BCUT2D eigenvalue weighted by atomic mass is 16.2. The molecule has 3 rings (SSSR count). The molecule has 2 amide bonds. The number of urea groups is 1. The number of imidazole rings is 2. The van der Waals surface area contributed by atoms with E-state index in [9.17, 15) is 4.79 Å². The van der Waals surface area contributed by atoms with E-state index in [1.165, 1.54) is 0 Å². The summed E-state index contributed by atoms with van der Waals surface area (Å²) in [5.74, 6) is 0.747. The van der Waals surface area contributed by atoms with Gasteiger partial charge in [0, 0.05) is 31.7 Å². The second kappa shape index (κ2) is 6.51. The molecule has 0 bridgehead atoms. The predicted molar refractivity (Wildman–Crippen MR) is 89.1 cm³/mol. The van der Waals surface area contributed by atoms with Gasteiger partial charge in [0.2, 0.25) is 0 Å². The number of fused-ring (bicyclic) bond motifs is 1. The highest BCUT2D eigenvalue weighted by Crippen LogP contribution is 2.19. The monoisotopic (exact) mass is 312 g/mol. The molecule has 7 nitrogen and oxygen atoms in total. The topological polar surface area (TPSA) is 78.8 Å². The summed E-state index contributed by atoms with van der Waals surface area (Å²) in [6.45, 7) is 3.50. The molecule has 0 unspecified atom stereocenters. The highest BCUT2D eigenvalue weighted by Gasteiger charge is 2.11. The van der Waals surface area contributed by atoms with Crippen LogP contribution >= 0.6 is 0 Å². The number of aryl methyl sites for hydroxylation is 1. The van der Waals surface area contributed by atoms with Crippen LogP contribution < -0.4 is 5.32 Å². The molecule has 0 saturated carbocycles. The van der Waals surface area contributed by atoms with Crippen molar-refractivity contribution >= 4 is 22.8 Å². The van der Waals surface area contributed by atoms with Gasteiger partial charge in [0.1, 0.15) is 5.82 Å². The predicted octanol–water partition coefficient (Wildman–Crippen LogP) is 2.83. The highest BCUT2D eigenvalue weighted by molar-refractivity contribution is 5.91. The normalized spacial score (nSPS) is 10.9. The first kappa shape index (κ1) is 15.1. The van der Waals surface area contributed by atoms with E-state index in [1.807, 2.05) is 24.5 Å². The maximum absolute atomic E-state index is 12.2. The second-order valence-corrected chi connectivity index (χ2v) is 5.46. The van der Waals surface area contributed by atoms with Gasteiger partial charge in [0.25, 0.3) is 0 Å². The Morgan fingerprint density at radius 3 is 3.00 bits per heavy atom. The van der Waals surface area contributed by atoms with Crippen LogP contribution in [-0.2, 0) is 13.1 Å². The number of hydrogen-bond donors (Lipinski definition) is 2. The Morgan fingerprint density at radius 2 is 2.26 bits per heavy atom. The van der Waals surface area contributed by atoms with Crippen molar-refractivity contribution in [2.24, 2.45) is 0 Å². The maximum Gasteiger partial charge on any atom is 0.321 e. The van der Waals surface area contributed by atoms with Crippen molar-refractivity contribution in [3.05, 3.63) is 42.7 Å². The fourth-order valence-electron chi connectivity index (χ4n) is 2.46. The number of amides is 2. The summed E-state index contributed by atoms with van der Waals surface area (Å²) in [6, 6.07) is 5.59. The fraction of sp³-hybridized carbons (Fsp3) is 0.312. The standard InChI is InChI=1S/C16H20N6O/c1-3-8-22-11-19-13-9-12(4-5-14(13)22)20-16(23)21(2)10-15-17-6-7-18-15/h4-7,9,11H,3,8,10H2,1-2H3,(H,17,18)(H,20,23). The SMILES string of the molecule is CCCn1cnc2cc(NC(=O)N(C)Cc3ncc[nH]3)ccc21. The number of H-pyrrole nitrogens is 1. The van der Waals surface area contributed by atoms with E-state index >= 15 is 0 Å². The van der Waals surface area contributed by atoms with E-state index in [2.05, 4.69) is 31.8 Å². The number of carbonyl (C=O) groups is 1. The van der Waals surface area contributed by atoms with E-state index < -0.39 is 0 Å². The van der Waals surface area contributed by atoms with Gasteiger partial charge in [0.05, 0.1) is 23.9 Å². The fourth-order valence-corrected chi connectivity index (χ4v) is 2.46. The number of rotatable bonds is 5. The van der Waals surface area contributed by atoms with E-state index in [0.717, 1.165) is 35.5 Å². The third kappa shape index (κ3) is 3.33. The van der Waals surface area contributed by atoms with Gasteiger partial charge >= 0.3 is 6.03 Å². The Morgan fingerprint density at radius 1 is 1.39 bits per heavy atom. The van der Waals surface area contributed by atoms with Crippen LogP contribution in [0.1, 0.15) is 19.2 Å². The molecule has 0 saturated heterocycles. The molecule has 1 aromatic carbocycles. The average molecular weight is 312 g/mol. The van der Waals surface area contributed by atoms with E-state index in [4.69, 9.17) is 0 Å². The summed E-state index contributed by atoms with van der Waals surface area (Å²) >= 11 is 0. The van der Waals surface area contributed by atoms with Crippen LogP contribution in [-0.4, -0.2) is 37.5 Å². The summed E-state index contributed by atoms with van der Waals surface area (Å²) in [7, 11) is 1.73. The zero-order valence-electron chi connectivity index (χ0n) is 13.3. The molecule has 0 aliphatic rings. The molecular weight excluding hydrogens is 292 g/mol. The zero-order chi connectivity index (χ0) is 16.2. The molecule has 0 fully saturated rings. The minimum atomic E-state index is -0.186. The van der Waals surface area contributed by atoms with Crippen LogP contribution in [0.2, 0.25) is 0 Å². The first-order chi connectivity index (χ1) is 11.2. The molecule has 23 heavy (non-hydrogen) atoms. The number of benzene rings is 1. The van der Waals surface area contributed by atoms with E-state index in [-0.39, 0.29) is 6.03 Å². The molecule has 120 valence electrons. The van der Waals surface area contributed by atoms with Crippen molar-refractivity contribution in [3.63, 3.8) is 0 Å². The lowest BCUT2D eigenvalue weighted by molar-refractivity contribution is 0.219. The molecule has 2 aromatic heterocycles. The van der Waals surface area contributed by atoms with Crippen LogP contribution in [0.3, 0.4) is 0 Å². The van der Waals surface area contributed by atoms with Crippen molar-refractivity contribution in [1.82, 2.24) is 24.4 Å². The minimum absolute atomic E-state index is 0.186. The van der Waals surface area contributed by atoms with Crippen LogP contribution in [0.25, 0.3) is 11.0 Å². The summed E-state index contributed by atoms with van der Waals surface area (Å²) in [5, 5.41) is 2.88. The number of aromatic amines is 1. The third-order valence-corrected chi connectivity index (χ3v) is 3.63. The van der Waals surface area contributed by atoms with Crippen molar-refractivity contribution < 1.29 is 4.79 Å². The molecule has 7 heteroatoms. The first-order valence-corrected chi connectivity index (χ1v) is 7.62. The number of carbonyl (C=O) groups excluding carboxylic acids is 1. The summed E-state index contributed by atoms with van der Waals surface area (Å²) in [5.41, 5.74) is 2.69. The van der Waals surface area contributed by atoms with Gasteiger partial charge in [0.15, 0.2) is 0 Å². The molecule has 0 radical (unpaired) electrons. The van der Waals surface area contributed by atoms with Gasteiger partial charge in [-0.2, -0.15) is 0 Å². The molecule has 2 N–H and O–H groups in total. The largest absolute Gasteiger partial charge is 0.347 e. The van der Waals surface area contributed by atoms with Gasteiger partial charge < -0.3 is 19.8 Å². The number of nitrogens with one attached hydrogen (secondary N) is 2. The van der Waals surface area contributed by atoms with Crippen molar-refractivity contribution in [3.8, 4) is 0 Å². The summed E-state index contributed by atoms with van der Waals surface area (Å²) in [4.78, 5) is 25.3. The van der Waals surface area contributed by atoms with Crippen molar-refractivity contribution in [2.45, 2.75) is 26.4 Å². The smallest absolute Gasteiger partial charge is 0.321 e. The quantitative estimate of drug-likeness (QED) is 0.760. The summed E-state index contributed by atoms with van der Waals surface area (Å²) in [6.07, 6.45) is 6.30. The Kier molecular flexibility index (Phi) is 4.27. The lowest BCUT2D eigenvalue weighted by atomic mass is 10.2. The Hall–Kier alpha value is -2.83. The number of nitrogens with zero attached hydrogens (tertiary/aromatic N) is 4. The first-order valence-electron chi connectivity index (χ1n) is 7.62. The third-order valence-electron chi connectivity index (χ3n) is 3.63. The molecular formula is C16H20N6O. The molecule has 0 spiro atoms. The van der Waals surface area contributed by atoms with Gasteiger partial charge in [-0.1, -0.05) is 6.92 Å².